The number of phenols is 1. The lowest BCUT2D eigenvalue weighted by Gasteiger charge is -2.28. The summed E-state index contributed by atoms with van der Waals surface area (Å²) in [6, 6.07) is 13.2. The number of hydrogen-bond donors (Lipinski definition) is 2. The van der Waals surface area contributed by atoms with Gasteiger partial charge < -0.3 is 9.84 Å². The van der Waals surface area contributed by atoms with Crippen LogP contribution in [0, 0.1) is 0 Å². The molecule has 2 N–H and O–H groups in total. The number of amides is 1. The first kappa shape index (κ1) is 19.8. The number of phenolic OH excluding ortho intramolecular Hbond substituents is 1. The zero-order chi connectivity index (χ0) is 19.5. The summed E-state index contributed by atoms with van der Waals surface area (Å²) in [5.41, 5.74) is 2.63. The summed E-state index contributed by atoms with van der Waals surface area (Å²) < 4.78 is 5.30. The van der Waals surface area contributed by atoms with Crippen molar-refractivity contribution in [1.29, 1.82) is 0 Å². The minimum absolute atomic E-state index is 0.211. The van der Waals surface area contributed by atoms with Gasteiger partial charge in [-0.05, 0) is 28.5 Å². The molecule has 4 heteroatoms. The number of benzene rings is 2. The van der Waals surface area contributed by atoms with Crippen molar-refractivity contribution < 1.29 is 14.6 Å². The monoisotopic (exact) mass is 355 g/mol. The molecule has 0 spiro atoms. The number of aromatic hydroxyl groups is 1. The maximum Gasteiger partial charge on any atom is 0.411 e. The van der Waals surface area contributed by atoms with E-state index in [4.69, 9.17) is 4.74 Å². The van der Waals surface area contributed by atoms with E-state index >= 15 is 0 Å². The van der Waals surface area contributed by atoms with Crippen LogP contribution in [0.2, 0.25) is 0 Å². The molecule has 0 aromatic heterocycles. The third kappa shape index (κ3) is 5.01. The van der Waals surface area contributed by atoms with Gasteiger partial charge in [0.05, 0.1) is 0 Å². The van der Waals surface area contributed by atoms with Crippen LogP contribution in [0.5, 0.6) is 5.75 Å². The molecule has 140 valence electrons. The molecule has 0 aliphatic carbocycles. The minimum Gasteiger partial charge on any atom is -0.507 e. The summed E-state index contributed by atoms with van der Waals surface area (Å²) in [7, 11) is 0. The minimum atomic E-state index is -0.515. The van der Waals surface area contributed by atoms with Crippen LogP contribution in [0.1, 0.15) is 58.2 Å². The molecule has 0 bridgehead atoms. The highest BCUT2D eigenvalue weighted by Crippen LogP contribution is 2.41. The van der Waals surface area contributed by atoms with E-state index in [2.05, 4.69) is 5.32 Å². The van der Waals surface area contributed by atoms with Crippen LogP contribution in [-0.2, 0) is 22.2 Å². The first-order valence-corrected chi connectivity index (χ1v) is 8.84. The number of rotatable bonds is 3. The number of carbonyl (C=O) groups excluding carboxylic acids is 1. The molecule has 0 fully saturated rings. The molecule has 0 radical (unpaired) electrons. The van der Waals surface area contributed by atoms with E-state index < -0.39 is 6.09 Å². The molecule has 0 aliphatic heterocycles. The number of hydrogen-bond acceptors (Lipinski definition) is 3. The van der Waals surface area contributed by atoms with E-state index in [-0.39, 0.29) is 23.2 Å². The standard InChI is InChI=1S/C22H29NO3/c1-21(2,3)17-12-16(13-18(19(17)24)22(4,5)6)23-20(25)26-14-15-10-8-7-9-11-15/h7-13,24H,14H2,1-6H3,(H,23,25). The van der Waals surface area contributed by atoms with Crippen molar-refractivity contribution in [1.82, 2.24) is 0 Å². The molecule has 0 saturated carbocycles. The molecular weight excluding hydrogens is 326 g/mol. The average molecular weight is 355 g/mol. The Bertz CT molecular complexity index is 733. The van der Waals surface area contributed by atoms with Crippen LogP contribution in [0.25, 0.3) is 0 Å². The highest BCUT2D eigenvalue weighted by atomic mass is 16.5. The van der Waals surface area contributed by atoms with Crippen LogP contribution in [0.3, 0.4) is 0 Å². The van der Waals surface area contributed by atoms with Gasteiger partial charge in [-0.3, -0.25) is 5.32 Å². The third-order valence-corrected chi connectivity index (χ3v) is 4.19. The second-order valence-electron chi connectivity index (χ2n) is 8.61. The number of nitrogens with one attached hydrogen (secondary N) is 1. The fraction of sp³-hybridized carbons (Fsp3) is 0.409. The number of ether oxygens (including phenoxy) is 1. The zero-order valence-corrected chi connectivity index (χ0v) is 16.5. The van der Waals surface area contributed by atoms with Crippen LogP contribution in [0.4, 0.5) is 10.5 Å². The topological polar surface area (TPSA) is 58.6 Å². The summed E-state index contributed by atoms with van der Waals surface area (Å²) in [6.45, 7) is 12.4. The summed E-state index contributed by atoms with van der Waals surface area (Å²) in [6.07, 6.45) is -0.515. The fourth-order valence-corrected chi connectivity index (χ4v) is 2.73. The quantitative estimate of drug-likeness (QED) is 0.691. The molecule has 0 heterocycles. The lowest BCUT2D eigenvalue weighted by atomic mass is 9.79. The molecule has 1 amide bonds. The lowest BCUT2D eigenvalue weighted by molar-refractivity contribution is 0.155. The van der Waals surface area contributed by atoms with Crippen LogP contribution in [0.15, 0.2) is 42.5 Å². The van der Waals surface area contributed by atoms with Gasteiger partial charge in [-0.2, -0.15) is 0 Å². The lowest BCUT2D eigenvalue weighted by Crippen LogP contribution is -2.19. The maximum atomic E-state index is 12.2. The van der Waals surface area contributed by atoms with Crippen LogP contribution >= 0.6 is 0 Å². The molecule has 2 aromatic carbocycles. The first-order chi connectivity index (χ1) is 12.0. The second-order valence-corrected chi connectivity index (χ2v) is 8.61. The van der Waals surface area contributed by atoms with Crippen molar-refractivity contribution in [3.05, 3.63) is 59.2 Å². The van der Waals surface area contributed by atoms with Gasteiger partial charge in [0, 0.05) is 16.8 Å². The molecule has 0 unspecified atom stereocenters. The Labute approximate surface area is 156 Å². The van der Waals surface area contributed by atoms with Crippen molar-refractivity contribution in [3.63, 3.8) is 0 Å². The third-order valence-electron chi connectivity index (χ3n) is 4.19. The molecule has 0 atom stereocenters. The second kappa shape index (κ2) is 7.40. The summed E-state index contributed by atoms with van der Waals surface area (Å²) in [5.74, 6) is 0.285. The van der Waals surface area contributed by atoms with Crippen LogP contribution < -0.4 is 5.32 Å². The normalized spacial score (nSPS) is 11.9. The van der Waals surface area contributed by atoms with E-state index in [1.165, 1.54) is 0 Å². The van der Waals surface area contributed by atoms with E-state index in [9.17, 15) is 9.90 Å². The first-order valence-electron chi connectivity index (χ1n) is 8.84. The molecule has 2 aromatic rings. The summed E-state index contributed by atoms with van der Waals surface area (Å²) in [4.78, 5) is 12.2. The van der Waals surface area contributed by atoms with Gasteiger partial charge in [-0.1, -0.05) is 71.9 Å². The van der Waals surface area contributed by atoms with Gasteiger partial charge in [0.2, 0.25) is 0 Å². The predicted octanol–water partition coefficient (Wildman–Crippen LogP) is 5.74. The molecule has 2 rings (SSSR count). The summed E-state index contributed by atoms with van der Waals surface area (Å²) in [5, 5.41) is 13.5. The maximum absolute atomic E-state index is 12.2. The Morgan fingerprint density at radius 2 is 1.46 bits per heavy atom. The highest BCUT2D eigenvalue weighted by molar-refractivity contribution is 5.85. The Hall–Kier alpha value is -2.49. The summed E-state index contributed by atoms with van der Waals surface area (Å²) >= 11 is 0. The van der Waals surface area contributed by atoms with Gasteiger partial charge in [-0.25, -0.2) is 4.79 Å². The zero-order valence-electron chi connectivity index (χ0n) is 16.5. The highest BCUT2D eigenvalue weighted by Gasteiger charge is 2.27. The molecule has 0 saturated heterocycles. The SMILES string of the molecule is CC(C)(C)c1cc(NC(=O)OCc2ccccc2)cc(C(C)(C)C)c1O. The van der Waals surface area contributed by atoms with Gasteiger partial charge >= 0.3 is 6.09 Å². The Morgan fingerprint density at radius 1 is 0.962 bits per heavy atom. The van der Waals surface area contributed by atoms with Gasteiger partial charge in [0.25, 0.3) is 0 Å². The molecule has 0 aliphatic rings. The van der Waals surface area contributed by atoms with E-state index in [0.717, 1.165) is 16.7 Å². The molecule has 26 heavy (non-hydrogen) atoms. The van der Waals surface area contributed by atoms with Crippen molar-refractivity contribution in [3.8, 4) is 5.75 Å². The van der Waals surface area contributed by atoms with Gasteiger partial charge in [0.1, 0.15) is 12.4 Å². The predicted molar refractivity (Wildman–Crippen MR) is 106 cm³/mol. The number of anilines is 1. The molecule has 4 nitrogen and oxygen atoms in total. The Balaban J connectivity index is 2.24. The van der Waals surface area contributed by atoms with Crippen LogP contribution in [-0.4, -0.2) is 11.2 Å². The van der Waals surface area contributed by atoms with Crippen molar-refractivity contribution in [2.24, 2.45) is 0 Å². The fourth-order valence-electron chi connectivity index (χ4n) is 2.73. The Morgan fingerprint density at radius 3 is 1.92 bits per heavy atom. The van der Waals surface area contributed by atoms with Crippen molar-refractivity contribution in [2.75, 3.05) is 5.32 Å². The molecular formula is C22H29NO3. The van der Waals surface area contributed by atoms with Crippen molar-refractivity contribution >= 4 is 11.8 Å². The Kier molecular flexibility index (Phi) is 5.65. The van der Waals surface area contributed by atoms with E-state index in [1.54, 1.807) is 0 Å². The number of carbonyl (C=O) groups is 1. The average Bonchev–Trinajstić information content (AvgIpc) is 2.53. The van der Waals surface area contributed by atoms with E-state index in [1.807, 2.05) is 84.0 Å². The van der Waals surface area contributed by atoms with Crippen molar-refractivity contribution in [2.45, 2.75) is 59.0 Å². The van der Waals surface area contributed by atoms with Gasteiger partial charge in [0.15, 0.2) is 0 Å². The van der Waals surface area contributed by atoms with E-state index in [0.29, 0.717) is 5.69 Å². The van der Waals surface area contributed by atoms with Gasteiger partial charge in [-0.15, -0.1) is 0 Å². The largest absolute Gasteiger partial charge is 0.507 e. The smallest absolute Gasteiger partial charge is 0.411 e.